The number of amides is 3. The van der Waals surface area contributed by atoms with Crippen molar-refractivity contribution < 1.29 is 38.3 Å². The van der Waals surface area contributed by atoms with Gasteiger partial charge in [0.05, 0.1) is 25.0 Å². The van der Waals surface area contributed by atoms with Crippen molar-refractivity contribution in [3.8, 4) is 11.3 Å². The fourth-order valence-electron chi connectivity index (χ4n) is 4.09. The fraction of sp³-hybridized carbons (Fsp3) is 0.462. The van der Waals surface area contributed by atoms with Crippen molar-refractivity contribution in [2.45, 2.75) is 64.8 Å². The molecule has 0 spiro atoms. The number of hydroxylamine groups is 2. The first-order chi connectivity index (χ1) is 17.7. The highest BCUT2D eigenvalue weighted by atomic mass is 19.1. The maximum absolute atomic E-state index is 13.9. The third-order valence-electron chi connectivity index (χ3n) is 6.05. The number of benzene rings is 1. The van der Waals surface area contributed by atoms with Crippen molar-refractivity contribution in [2.75, 3.05) is 6.67 Å². The molecule has 1 heterocycles. The van der Waals surface area contributed by atoms with Gasteiger partial charge in [-0.3, -0.25) is 24.4 Å². The van der Waals surface area contributed by atoms with Gasteiger partial charge in [-0.05, 0) is 48.7 Å². The van der Waals surface area contributed by atoms with E-state index in [-0.39, 0.29) is 30.2 Å². The number of carbonyl (C=O) groups is 4. The third kappa shape index (κ3) is 8.71. The number of aliphatic carboxylic acids is 1. The lowest BCUT2D eigenvalue weighted by Gasteiger charge is -2.29. The molecule has 202 valence electrons. The molecule has 2 rings (SSSR count). The number of carbonyl (C=O) groups excluding carboxylic acids is 3. The summed E-state index contributed by atoms with van der Waals surface area (Å²) in [6.07, 6.45) is 4.37. The lowest BCUT2D eigenvalue weighted by Crippen LogP contribution is -2.47. The topological polar surface area (TPSA) is 149 Å². The van der Waals surface area contributed by atoms with Crippen molar-refractivity contribution >= 4 is 24.2 Å². The molecule has 0 radical (unpaired) electrons. The van der Waals surface area contributed by atoms with Crippen LogP contribution in [0, 0.1) is 11.7 Å². The van der Waals surface area contributed by atoms with Gasteiger partial charge in [-0.25, -0.2) is 9.45 Å². The molecule has 2 aromatic rings. The molecule has 2 atom stereocenters. The van der Waals surface area contributed by atoms with Gasteiger partial charge in [0.25, 0.3) is 5.91 Å². The van der Waals surface area contributed by atoms with Gasteiger partial charge in [0.2, 0.25) is 12.3 Å². The standard InChI is InChI=1S/C26H34FN3O7/c1-3-5-6-7-8-19(21(4-2)30(36)16-31)25(34)28-15-29-26(35)23-12-11-22(37-23)17-9-10-20(27)18(13-17)14-24(32)33/h9-13,16,19,21,36H,3-8,14-15H2,1-2H3,(H,28,34)(H,29,35)(H,32,33)/t19-,21-/m1/s1. The van der Waals surface area contributed by atoms with E-state index in [1.165, 1.54) is 24.3 Å². The SMILES string of the molecule is CCCCCC[C@@H](C(=O)NCNC(=O)c1ccc(-c2ccc(F)c(CC(=O)O)c2)o1)[C@@H](CC)N(O)C=O. The number of rotatable bonds is 16. The number of furan rings is 1. The van der Waals surface area contributed by atoms with E-state index in [9.17, 15) is 28.8 Å². The van der Waals surface area contributed by atoms with Crippen LogP contribution in [0.2, 0.25) is 0 Å². The van der Waals surface area contributed by atoms with Gasteiger partial charge in [-0.2, -0.15) is 0 Å². The van der Waals surface area contributed by atoms with Gasteiger partial charge in [0, 0.05) is 5.56 Å². The summed E-state index contributed by atoms with van der Waals surface area (Å²) in [6, 6.07) is 6.10. The van der Waals surface area contributed by atoms with Crippen LogP contribution in [0.5, 0.6) is 0 Å². The Morgan fingerprint density at radius 1 is 1.11 bits per heavy atom. The number of carboxylic acid groups (broad SMARTS) is 1. The second-order valence-electron chi connectivity index (χ2n) is 8.68. The van der Waals surface area contributed by atoms with Crippen LogP contribution < -0.4 is 10.6 Å². The molecule has 11 heteroatoms. The number of nitrogens with zero attached hydrogens (tertiary/aromatic N) is 1. The minimum Gasteiger partial charge on any atom is -0.481 e. The summed E-state index contributed by atoms with van der Waals surface area (Å²) in [5, 5.41) is 24.5. The highest BCUT2D eigenvalue weighted by Crippen LogP contribution is 2.25. The van der Waals surface area contributed by atoms with Crippen molar-refractivity contribution in [2.24, 2.45) is 5.92 Å². The van der Waals surface area contributed by atoms with E-state index in [0.717, 1.165) is 31.7 Å². The fourth-order valence-corrected chi connectivity index (χ4v) is 4.09. The summed E-state index contributed by atoms with van der Waals surface area (Å²) in [4.78, 5) is 47.4. The Balaban J connectivity index is 2.00. The first kappa shape index (κ1) is 29.5. The molecular weight excluding hydrogens is 485 g/mol. The molecule has 0 aliphatic rings. The lowest BCUT2D eigenvalue weighted by molar-refractivity contribution is -0.168. The summed E-state index contributed by atoms with van der Waals surface area (Å²) in [7, 11) is 0. The number of hydrogen-bond acceptors (Lipinski definition) is 6. The molecule has 4 N–H and O–H groups in total. The number of halogens is 1. The van der Waals surface area contributed by atoms with Crippen molar-refractivity contribution in [1.29, 1.82) is 0 Å². The van der Waals surface area contributed by atoms with Crippen molar-refractivity contribution in [3.63, 3.8) is 0 Å². The third-order valence-corrected chi connectivity index (χ3v) is 6.05. The molecule has 0 aliphatic heterocycles. The number of carboxylic acids is 1. The molecule has 37 heavy (non-hydrogen) atoms. The Labute approximate surface area is 214 Å². The summed E-state index contributed by atoms with van der Waals surface area (Å²) in [6.45, 7) is 3.63. The Hall–Kier alpha value is -3.73. The summed E-state index contributed by atoms with van der Waals surface area (Å²) >= 11 is 0. The molecule has 0 fully saturated rings. The van der Waals surface area contributed by atoms with Crippen LogP contribution in [0.1, 0.15) is 68.5 Å². The average Bonchev–Trinajstić information content (AvgIpc) is 3.37. The molecule has 1 aromatic carbocycles. The van der Waals surface area contributed by atoms with Gasteiger partial charge in [-0.1, -0.05) is 39.5 Å². The van der Waals surface area contributed by atoms with E-state index < -0.39 is 42.0 Å². The average molecular weight is 520 g/mol. The minimum absolute atomic E-state index is 0.0132. The Kier molecular flexibility index (Phi) is 11.8. The Bertz CT molecular complexity index is 1070. The number of nitrogens with one attached hydrogen (secondary N) is 2. The van der Waals surface area contributed by atoms with Crippen molar-refractivity contribution in [3.05, 3.63) is 47.5 Å². The molecule has 3 amide bonds. The lowest BCUT2D eigenvalue weighted by atomic mass is 9.90. The second-order valence-corrected chi connectivity index (χ2v) is 8.68. The maximum atomic E-state index is 13.9. The Morgan fingerprint density at radius 3 is 2.51 bits per heavy atom. The van der Waals surface area contributed by atoms with Crippen LogP contribution in [0.15, 0.2) is 34.7 Å². The van der Waals surface area contributed by atoms with E-state index in [0.29, 0.717) is 23.5 Å². The van der Waals surface area contributed by atoms with E-state index in [1.54, 1.807) is 6.92 Å². The van der Waals surface area contributed by atoms with Gasteiger partial charge in [0.1, 0.15) is 11.6 Å². The zero-order chi connectivity index (χ0) is 27.4. The van der Waals surface area contributed by atoms with Gasteiger partial charge >= 0.3 is 5.97 Å². The van der Waals surface area contributed by atoms with Crippen LogP contribution in [0.25, 0.3) is 11.3 Å². The predicted molar refractivity (Wildman–Crippen MR) is 132 cm³/mol. The van der Waals surface area contributed by atoms with Crippen molar-refractivity contribution in [1.82, 2.24) is 15.7 Å². The van der Waals surface area contributed by atoms with Crippen LogP contribution in [0.3, 0.4) is 0 Å². The molecule has 0 bridgehead atoms. The van der Waals surface area contributed by atoms with E-state index >= 15 is 0 Å². The zero-order valence-electron chi connectivity index (χ0n) is 21.0. The maximum Gasteiger partial charge on any atom is 0.307 e. The smallest absolute Gasteiger partial charge is 0.307 e. The molecule has 0 aliphatic carbocycles. The monoisotopic (exact) mass is 519 g/mol. The zero-order valence-corrected chi connectivity index (χ0v) is 21.0. The molecule has 0 unspecified atom stereocenters. The normalized spacial score (nSPS) is 12.4. The summed E-state index contributed by atoms with van der Waals surface area (Å²) < 4.78 is 19.4. The number of unbranched alkanes of at least 4 members (excludes halogenated alkanes) is 3. The van der Waals surface area contributed by atoms with Crippen LogP contribution in [-0.2, 0) is 20.8 Å². The highest BCUT2D eigenvalue weighted by Gasteiger charge is 2.30. The molecule has 0 saturated carbocycles. The molecule has 1 aromatic heterocycles. The van der Waals surface area contributed by atoms with Gasteiger partial charge in [-0.15, -0.1) is 0 Å². The molecular formula is C26H34FN3O7. The summed E-state index contributed by atoms with van der Waals surface area (Å²) in [5.41, 5.74) is 0.394. The Morgan fingerprint density at radius 2 is 1.86 bits per heavy atom. The van der Waals surface area contributed by atoms with Gasteiger partial charge in [0.15, 0.2) is 5.76 Å². The number of hydrogen-bond donors (Lipinski definition) is 4. The van der Waals surface area contributed by atoms with E-state index in [2.05, 4.69) is 17.6 Å². The van der Waals surface area contributed by atoms with Crippen LogP contribution >= 0.6 is 0 Å². The van der Waals surface area contributed by atoms with E-state index in [4.69, 9.17) is 9.52 Å². The largest absolute Gasteiger partial charge is 0.481 e. The van der Waals surface area contributed by atoms with Gasteiger partial charge < -0.3 is 20.2 Å². The minimum atomic E-state index is -1.18. The quantitative estimate of drug-likeness (QED) is 0.0868. The first-order valence-electron chi connectivity index (χ1n) is 12.3. The van der Waals surface area contributed by atoms with Crippen LogP contribution in [0.4, 0.5) is 4.39 Å². The predicted octanol–water partition coefficient (Wildman–Crippen LogP) is 3.73. The molecule has 10 nitrogen and oxygen atoms in total. The first-order valence-corrected chi connectivity index (χ1v) is 12.3. The second kappa shape index (κ2) is 14.7. The van der Waals surface area contributed by atoms with Crippen LogP contribution in [-0.4, -0.2) is 52.3 Å². The summed E-state index contributed by atoms with van der Waals surface area (Å²) in [5.74, 6) is -3.30. The molecule has 0 saturated heterocycles. The highest BCUT2D eigenvalue weighted by molar-refractivity contribution is 5.92. The van der Waals surface area contributed by atoms with E-state index in [1.807, 2.05) is 0 Å².